The average molecular weight is 233 g/mol. The second-order valence-corrected chi connectivity index (χ2v) is 4.59. The first-order valence-electron chi connectivity index (χ1n) is 6.06. The van der Waals surface area contributed by atoms with Crippen LogP contribution in [0.15, 0.2) is 18.2 Å². The molecule has 0 heterocycles. The van der Waals surface area contributed by atoms with Crippen molar-refractivity contribution in [2.45, 2.75) is 32.3 Å². The zero-order chi connectivity index (χ0) is 12.1. The molecule has 2 rings (SSSR count). The predicted molar refractivity (Wildman–Crippen MR) is 62.7 cm³/mol. The van der Waals surface area contributed by atoms with Crippen LogP contribution in [0, 0.1) is 23.1 Å². The molecular weight excluding hydrogens is 217 g/mol. The van der Waals surface area contributed by atoms with Crippen LogP contribution >= 0.6 is 0 Å². The van der Waals surface area contributed by atoms with Gasteiger partial charge in [-0.15, -0.1) is 0 Å². The van der Waals surface area contributed by atoms with Gasteiger partial charge in [0.2, 0.25) is 0 Å². The van der Waals surface area contributed by atoms with Crippen molar-refractivity contribution in [3.8, 4) is 6.07 Å². The molecule has 3 heteroatoms. The van der Waals surface area contributed by atoms with E-state index in [1.807, 2.05) is 6.07 Å². The summed E-state index contributed by atoms with van der Waals surface area (Å²) in [4.78, 5) is 0. The lowest BCUT2D eigenvalue weighted by molar-refractivity contribution is 0.0888. The lowest BCUT2D eigenvalue weighted by atomic mass is 10.1. The molecule has 17 heavy (non-hydrogen) atoms. The van der Waals surface area contributed by atoms with Gasteiger partial charge in [0.25, 0.3) is 0 Å². The van der Waals surface area contributed by atoms with Crippen molar-refractivity contribution in [3.63, 3.8) is 0 Å². The Bertz CT molecular complexity index is 419. The lowest BCUT2D eigenvalue weighted by Crippen LogP contribution is -2.05. The molecule has 2 nitrogen and oxygen atoms in total. The highest BCUT2D eigenvalue weighted by atomic mass is 19.1. The van der Waals surface area contributed by atoms with Gasteiger partial charge in [-0.25, -0.2) is 4.39 Å². The van der Waals surface area contributed by atoms with Crippen molar-refractivity contribution in [3.05, 3.63) is 35.1 Å². The molecule has 0 radical (unpaired) electrons. The number of hydrogen-bond donors (Lipinski definition) is 0. The van der Waals surface area contributed by atoms with Gasteiger partial charge in [-0.2, -0.15) is 5.26 Å². The van der Waals surface area contributed by atoms with Crippen LogP contribution in [0.1, 0.15) is 36.8 Å². The first kappa shape index (κ1) is 12.1. The molecule has 1 aliphatic rings. The van der Waals surface area contributed by atoms with Crippen molar-refractivity contribution >= 4 is 0 Å². The second-order valence-electron chi connectivity index (χ2n) is 4.59. The second kappa shape index (κ2) is 5.79. The third-order valence-electron chi connectivity index (χ3n) is 3.25. The van der Waals surface area contributed by atoms with E-state index in [-0.39, 0.29) is 5.56 Å². The highest BCUT2D eigenvalue weighted by Gasteiger charge is 2.14. The van der Waals surface area contributed by atoms with Gasteiger partial charge in [-0.3, -0.25) is 0 Å². The van der Waals surface area contributed by atoms with E-state index in [0.717, 1.165) is 12.2 Å². The maximum absolute atomic E-state index is 13.1. The lowest BCUT2D eigenvalue weighted by Gasteiger charge is -2.10. The van der Waals surface area contributed by atoms with Gasteiger partial charge in [0.05, 0.1) is 12.2 Å². The van der Waals surface area contributed by atoms with Gasteiger partial charge in [-0.1, -0.05) is 18.9 Å². The molecule has 1 aromatic rings. The van der Waals surface area contributed by atoms with Crippen molar-refractivity contribution in [1.29, 1.82) is 5.26 Å². The standard InChI is InChI=1S/C14H16FNO/c15-14-6-5-12(7-13(14)8-16)10-17-9-11-3-1-2-4-11/h5-7,11H,1-4,9-10H2. The molecule has 1 aliphatic carbocycles. The summed E-state index contributed by atoms with van der Waals surface area (Å²) in [6.45, 7) is 1.24. The van der Waals surface area contributed by atoms with E-state index in [0.29, 0.717) is 12.5 Å². The molecule has 0 spiro atoms. The van der Waals surface area contributed by atoms with Crippen molar-refractivity contribution in [2.75, 3.05) is 6.61 Å². The SMILES string of the molecule is N#Cc1cc(COCC2CCCC2)ccc1F. The Kier molecular flexibility index (Phi) is 4.11. The zero-order valence-electron chi connectivity index (χ0n) is 9.79. The van der Waals surface area contributed by atoms with Crippen LogP contribution in [0.2, 0.25) is 0 Å². The maximum atomic E-state index is 13.1. The molecule has 0 unspecified atom stereocenters. The normalized spacial score (nSPS) is 16.0. The van der Waals surface area contributed by atoms with E-state index in [1.54, 1.807) is 12.1 Å². The molecule has 0 aromatic heterocycles. The minimum Gasteiger partial charge on any atom is -0.376 e. The summed E-state index contributed by atoms with van der Waals surface area (Å²) in [5.41, 5.74) is 0.952. The van der Waals surface area contributed by atoms with Crippen molar-refractivity contribution in [1.82, 2.24) is 0 Å². The van der Waals surface area contributed by atoms with Crippen LogP contribution in [-0.2, 0) is 11.3 Å². The number of ether oxygens (including phenoxy) is 1. The van der Waals surface area contributed by atoms with E-state index in [2.05, 4.69) is 0 Å². The van der Waals surface area contributed by atoms with Crippen LogP contribution < -0.4 is 0 Å². The topological polar surface area (TPSA) is 33.0 Å². The average Bonchev–Trinajstić information content (AvgIpc) is 2.84. The molecule has 90 valence electrons. The minimum atomic E-state index is -0.466. The summed E-state index contributed by atoms with van der Waals surface area (Å²) < 4.78 is 18.7. The molecule has 0 bridgehead atoms. The third-order valence-corrected chi connectivity index (χ3v) is 3.25. The monoisotopic (exact) mass is 233 g/mol. The van der Waals surface area contributed by atoms with Gasteiger partial charge in [0.1, 0.15) is 11.9 Å². The molecule has 0 amide bonds. The van der Waals surface area contributed by atoms with Crippen LogP contribution in [0.4, 0.5) is 4.39 Å². The van der Waals surface area contributed by atoms with Crippen molar-refractivity contribution < 1.29 is 9.13 Å². The van der Waals surface area contributed by atoms with Gasteiger partial charge in [0.15, 0.2) is 0 Å². The maximum Gasteiger partial charge on any atom is 0.140 e. The van der Waals surface area contributed by atoms with Crippen LogP contribution in [0.3, 0.4) is 0 Å². The highest BCUT2D eigenvalue weighted by molar-refractivity contribution is 5.34. The van der Waals surface area contributed by atoms with E-state index < -0.39 is 5.82 Å². The third kappa shape index (κ3) is 3.28. The molecule has 0 N–H and O–H groups in total. The quantitative estimate of drug-likeness (QED) is 0.798. The Morgan fingerprint density at radius 2 is 2.12 bits per heavy atom. The van der Waals surface area contributed by atoms with Gasteiger partial charge >= 0.3 is 0 Å². The first-order chi connectivity index (χ1) is 8.29. The van der Waals surface area contributed by atoms with Crippen LogP contribution in [-0.4, -0.2) is 6.61 Å². The summed E-state index contributed by atoms with van der Waals surface area (Å²) in [5, 5.41) is 8.71. The van der Waals surface area contributed by atoms with Gasteiger partial charge in [-0.05, 0) is 36.5 Å². The molecular formula is C14H16FNO. The molecule has 1 aromatic carbocycles. The first-order valence-corrected chi connectivity index (χ1v) is 6.06. The molecule has 1 saturated carbocycles. The Morgan fingerprint density at radius 3 is 2.82 bits per heavy atom. The van der Waals surface area contributed by atoms with E-state index in [9.17, 15) is 4.39 Å². The van der Waals surface area contributed by atoms with Gasteiger partial charge in [0, 0.05) is 6.61 Å². The summed E-state index contributed by atoms with van der Waals surface area (Å²) in [6, 6.07) is 6.39. The Balaban J connectivity index is 1.84. The van der Waals surface area contributed by atoms with Crippen LogP contribution in [0.5, 0.6) is 0 Å². The smallest absolute Gasteiger partial charge is 0.140 e. The summed E-state index contributed by atoms with van der Waals surface area (Å²) in [7, 11) is 0. The van der Waals surface area contributed by atoms with E-state index >= 15 is 0 Å². The summed E-state index contributed by atoms with van der Waals surface area (Å²) >= 11 is 0. The van der Waals surface area contributed by atoms with E-state index in [4.69, 9.17) is 10.00 Å². The number of halogens is 1. The van der Waals surface area contributed by atoms with E-state index in [1.165, 1.54) is 31.7 Å². The van der Waals surface area contributed by atoms with Crippen molar-refractivity contribution in [2.24, 2.45) is 5.92 Å². The molecule has 0 aliphatic heterocycles. The number of nitrogens with zero attached hydrogens (tertiary/aromatic N) is 1. The summed E-state index contributed by atoms with van der Waals surface area (Å²) in [6.07, 6.45) is 5.13. The molecule has 0 atom stereocenters. The Labute approximate surface area is 101 Å². The highest BCUT2D eigenvalue weighted by Crippen LogP contribution is 2.25. The van der Waals surface area contributed by atoms with Gasteiger partial charge < -0.3 is 4.74 Å². The fourth-order valence-electron chi connectivity index (χ4n) is 2.27. The molecule has 0 saturated heterocycles. The van der Waals surface area contributed by atoms with Crippen LogP contribution in [0.25, 0.3) is 0 Å². The fourth-order valence-corrected chi connectivity index (χ4v) is 2.27. The largest absolute Gasteiger partial charge is 0.376 e. The number of nitriles is 1. The minimum absolute atomic E-state index is 0.0898. The molecule has 1 fully saturated rings. The summed E-state index contributed by atoms with van der Waals surface area (Å²) in [5.74, 6) is 0.220. The number of rotatable bonds is 4. The zero-order valence-corrected chi connectivity index (χ0v) is 9.79. The Hall–Kier alpha value is -1.40. The number of hydrogen-bond acceptors (Lipinski definition) is 2. The predicted octanol–water partition coefficient (Wildman–Crippen LogP) is 3.40. The Morgan fingerprint density at radius 1 is 1.35 bits per heavy atom. The fraction of sp³-hybridized carbons (Fsp3) is 0.500. The number of benzene rings is 1.